The van der Waals surface area contributed by atoms with E-state index in [-0.39, 0.29) is 17.8 Å². The number of aromatic amines is 1. The number of aromatic nitrogens is 1. The number of fused-ring (bicyclic) bond motifs is 1. The van der Waals surface area contributed by atoms with Gasteiger partial charge in [-0.2, -0.15) is 0 Å². The number of urea groups is 1. The number of aliphatic imine (C=N–C) groups is 1. The molecule has 1 unspecified atom stereocenters. The monoisotopic (exact) mass is 430 g/mol. The minimum Gasteiger partial charge on any atom is -0.361 e. The maximum atomic E-state index is 13.3. The quantitative estimate of drug-likeness (QED) is 0.212. The molecular formula is C22H31FN6O2. The van der Waals surface area contributed by atoms with Crippen LogP contribution in [0, 0.1) is 5.82 Å². The van der Waals surface area contributed by atoms with Crippen LogP contribution >= 0.6 is 0 Å². The molecule has 4 N–H and O–H groups in total. The van der Waals surface area contributed by atoms with E-state index in [1.54, 1.807) is 13.0 Å². The van der Waals surface area contributed by atoms with Crippen molar-refractivity contribution in [3.8, 4) is 0 Å². The third kappa shape index (κ3) is 5.15. The average Bonchev–Trinajstić information content (AvgIpc) is 3.23. The summed E-state index contributed by atoms with van der Waals surface area (Å²) in [5.41, 5.74) is 1.09. The first kappa shape index (κ1) is 22.6. The molecule has 1 aromatic carbocycles. The van der Waals surface area contributed by atoms with E-state index in [4.69, 9.17) is 0 Å². The van der Waals surface area contributed by atoms with Crippen LogP contribution < -0.4 is 16.0 Å². The summed E-state index contributed by atoms with van der Waals surface area (Å²) in [6, 6.07) is 4.41. The number of guanidine groups is 1. The fraction of sp³-hybridized carbons (Fsp3) is 0.500. The number of nitrogens with one attached hydrogen (secondary N) is 4. The lowest BCUT2D eigenvalue weighted by atomic mass is 9.99. The van der Waals surface area contributed by atoms with Gasteiger partial charge < -0.3 is 20.9 Å². The zero-order valence-electron chi connectivity index (χ0n) is 18.3. The summed E-state index contributed by atoms with van der Waals surface area (Å²) in [5.74, 6) is 0.254. The van der Waals surface area contributed by atoms with E-state index < -0.39 is 5.54 Å². The molecule has 1 aliphatic heterocycles. The Bertz CT molecular complexity index is 972. The summed E-state index contributed by atoms with van der Waals surface area (Å²) >= 11 is 0. The first-order chi connectivity index (χ1) is 14.9. The average molecular weight is 431 g/mol. The molecule has 1 atom stereocenters. The number of hydrogen-bond acceptors (Lipinski definition) is 3. The Labute approximate surface area is 181 Å². The van der Waals surface area contributed by atoms with Crippen LogP contribution in [0.4, 0.5) is 9.18 Å². The molecule has 2 aromatic rings. The summed E-state index contributed by atoms with van der Waals surface area (Å²) < 4.78 is 13.3. The largest absolute Gasteiger partial charge is 0.361 e. The number of benzene rings is 1. The number of carbonyl (C=O) groups is 2. The standard InChI is InChI=1S/C22H31FN6O2/c1-4-22(3)19(30)29(21(31)28-22)12-6-10-25-20(24-5-2)26-11-9-15-14-27-18-13-16(23)7-8-17(15)18/h7-8,13-14,27H,4-6,9-12H2,1-3H3,(H,28,31)(H2,24,25,26). The third-order valence-corrected chi connectivity index (χ3v) is 5.62. The Hall–Kier alpha value is -3.10. The summed E-state index contributed by atoms with van der Waals surface area (Å²) in [7, 11) is 0. The van der Waals surface area contributed by atoms with E-state index in [0.29, 0.717) is 38.4 Å². The molecule has 0 saturated carbocycles. The van der Waals surface area contributed by atoms with Gasteiger partial charge in [-0.15, -0.1) is 0 Å². The Morgan fingerprint density at radius 3 is 2.77 bits per heavy atom. The van der Waals surface area contributed by atoms with Crippen LogP contribution in [0.1, 0.15) is 39.2 Å². The van der Waals surface area contributed by atoms with E-state index in [1.165, 1.54) is 17.0 Å². The molecule has 0 aliphatic carbocycles. The highest BCUT2D eigenvalue weighted by molar-refractivity contribution is 6.06. The number of imide groups is 1. The van der Waals surface area contributed by atoms with Gasteiger partial charge in [0.2, 0.25) is 0 Å². The topological polar surface area (TPSA) is 102 Å². The van der Waals surface area contributed by atoms with Crippen LogP contribution in [0.5, 0.6) is 0 Å². The molecule has 168 valence electrons. The minimum atomic E-state index is -0.801. The van der Waals surface area contributed by atoms with E-state index in [0.717, 1.165) is 29.4 Å². The fourth-order valence-corrected chi connectivity index (χ4v) is 3.63. The maximum absolute atomic E-state index is 13.3. The Kier molecular flexibility index (Phi) is 7.14. The lowest BCUT2D eigenvalue weighted by molar-refractivity contribution is -0.130. The predicted molar refractivity (Wildman–Crippen MR) is 119 cm³/mol. The van der Waals surface area contributed by atoms with Gasteiger partial charge in [0.05, 0.1) is 0 Å². The summed E-state index contributed by atoms with van der Waals surface area (Å²) in [4.78, 5) is 33.4. The molecule has 1 aromatic heterocycles. The zero-order chi connectivity index (χ0) is 22.4. The van der Waals surface area contributed by atoms with Crippen molar-refractivity contribution in [2.24, 2.45) is 4.99 Å². The molecule has 1 saturated heterocycles. The molecule has 8 nitrogen and oxygen atoms in total. The van der Waals surface area contributed by atoms with E-state index in [2.05, 4.69) is 25.9 Å². The van der Waals surface area contributed by atoms with Crippen molar-refractivity contribution in [2.45, 2.75) is 45.6 Å². The van der Waals surface area contributed by atoms with Gasteiger partial charge in [-0.1, -0.05) is 6.92 Å². The molecule has 31 heavy (non-hydrogen) atoms. The van der Waals surface area contributed by atoms with Gasteiger partial charge >= 0.3 is 6.03 Å². The van der Waals surface area contributed by atoms with E-state index in [9.17, 15) is 14.0 Å². The van der Waals surface area contributed by atoms with Crippen molar-refractivity contribution < 1.29 is 14.0 Å². The normalized spacial score (nSPS) is 19.2. The molecule has 0 radical (unpaired) electrons. The Morgan fingerprint density at radius 1 is 1.26 bits per heavy atom. The highest BCUT2D eigenvalue weighted by atomic mass is 19.1. The van der Waals surface area contributed by atoms with Crippen LogP contribution in [0.2, 0.25) is 0 Å². The second-order valence-electron chi connectivity index (χ2n) is 7.87. The van der Waals surface area contributed by atoms with Crippen LogP contribution in [-0.2, 0) is 11.2 Å². The summed E-state index contributed by atoms with van der Waals surface area (Å²) in [6.45, 7) is 7.84. The van der Waals surface area contributed by atoms with E-state index >= 15 is 0 Å². The molecule has 2 heterocycles. The zero-order valence-corrected chi connectivity index (χ0v) is 18.3. The van der Waals surface area contributed by atoms with Crippen molar-refractivity contribution in [1.82, 2.24) is 25.8 Å². The highest BCUT2D eigenvalue weighted by Gasteiger charge is 2.45. The van der Waals surface area contributed by atoms with Crippen LogP contribution in [0.15, 0.2) is 29.4 Å². The van der Waals surface area contributed by atoms with Crippen molar-refractivity contribution in [3.05, 3.63) is 35.8 Å². The molecule has 3 rings (SSSR count). The molecule has 1 fully saturated rings. The van der Waals surface area contributed by atoms with Crippen molar-refractivity contribution >= 4 is 28.8 Å². The number of amides is 3. The van der Waals surface area contributed by atoms with Crippen LogP contribution in [-0.4, -0.2) is 59.5 Å². The summed E-state index contributed by atoms with van der Waals surface area (Å²) in [6.07, 6.45) is 3.81. The fourth-order valence-electron chi connectivity index (χ4n) is 3.63. The maximum Gasteiger partial charge on any atom is 0.325 e. The second kappa shape index (κ2) is 9.80. The van der Waals surface area contributed by atoms with Crippen LogP contribution in [0.25, 0.3) is 10.9 Å². The molecule has 0 bridgehead atoms. The van der Waals surface area contributed by atoms with E-state index in [1.807, 2.05) is 20.0 Å². The van der Waals surface area contributed by atoms with Gasteiger partial charge in [-0.05, 0) is 56.9 Å². The molecular weight excluding hydrogens is 399 g/mol. The molecule has 1 aliphatic rings. The molecule has 9 heteroatoms. The van der Waals surface area contributed by atoms with Gasteiger partial charge in [0.15, 0.2) is 5.96 Å². The van der Waals surface area contributed by atoms with Gasteiger partial charge in [0, 0.05) is 43.3 Å². The smallest absolute Gasteiger partial charge is 0.325 e. The number of hydrogen-bond donors (Lipinski definition) is 4. The number of rotatable bonds is 9. The first-order valence-corrected chi connectivity index (χ1v) is 10.8. The second-order valence-corrected chi connectivity index (χ2v) is 7.87. The number of H-pyrrole nitrogens is 1. The highest BCUT2D eigenvalue weighted by Crippen LogP contribution is 2.21. The first-order valence-electron chi connectivity index (χ1n) is 10.8. The van der Waals surface area contributed by atoms with Crippen molar-refractivity contribution in [1.29, 1.82) is 0 Å². The van der Waals surface area contributed by atoms with Gasteiger partial charge in [-0.25, -0.2) is 9.18 Å². The van der Waals surface area contributed by atoms with Gasteiger partial charge in [-0.3, -0.25) is 14.7 Å². The molecule has 3 amide bonds. The third-order valence-electron chi connectivity index (χ3n) is 5.62. The van der Waals surface area contributed by atoms with Crippen LogP contribution in [0.3, 0.4) is 0 Å². The summed E-state index contributed by atoms with van der Waals surface area (Å²) in [5, 5.41) is 10.3. The van der Waals surface area contributed by atoms with Gasteiger partial charge in [0.25, 0.3) is 5.91 Å². The SMILES string of the molecule is CCNC(=NCCCN1C(=O)NC(C)(CC)C1=O)NCCc1c[nH]c2cc(F)ccc12. The Morgan fingerprint density at radius 2 is 2.06 bits per heavy atom. The van der Waals surface area contributed by atoms with Gasteiger partial charge in [0.1, 0.15) is 11.4 Å². The Balaban J connectivity index is 1.49. The lowest BCUT2D eigenvalue weighted by Gasteiger charge is -2.19. The number of nitrogens with zero attached hydrogens (tertiary/aromatic N) is 2. The number of carbonyl (C=O) groups excluding carboxylic acids is 2. The lowest BCUT2D eigenvalue weighted by Crippen LogP contribution is -2.43. The number of halogens is 1. The van der Waals surface area contributed by atoms with Crippen molar-refractivity contribution in [2.75, 3.05) is 26.2 Å². The molecule has 0 spiro atoms. The van der Waals surface area contributed by atoms with Crippen molar-refractivity contribution in [3.63, 3.8) is 0 Å². The predicted octanol–water partition coefficient (Wildman–Crippen LogP) is 2.52. The minimum absolute atomic E-state index is 0.173.